The Hall–Kier alpha value is -1.42. The molecule has 15 heavy (non-hydrogen) atoms. The number of hydrogen-bond acceptors (Lipinski definition) is 2. The summed E-state index contributed by atoms with van der Waals surface area (Å²) in [4.78, 5) is 3.86. The standard InChI is InChI=1S/C11H8BrFN2/c12-9-3-1-2-8(11(9)13)7-4-5-15-6-10(7)14/h1-6H,14H2. The molecule has 0 saturated carbocycles. The van der Waals surface area contributed by atoms with E-state index >= 15 is 0 Å². The largest absolute Gasteiger partial charge is 0.397 e. The molecule has 2 N–H and O–H groups in total. The van der Waals surface area contributed by atoms with Gasteiger partial charge in [0.05, 0.1) is 16.4 Å². The molecule has 0 saturated heterocycles. The Morgan fingerprint density at radius 3 is 2.73 bits per heavy atom. The van der Waals surface area contributed by atoms with Crippen molar-refractivity contribution >= 4 is 21.6 Å². The van der Waals surface area contributed by atoms with Gasteiger partial charge in [-0.3, -0.25) is 4.98 Å². The summed E-state index contributed by atoms with van der Waals surface area (Å²) in [6.07, 6.45) is 3.10. The summed E-state index contributed by atoms with van der Waals surface area (Å²) < 4.78 is 14.2. The van der Waals surface area contributed by atoms with Gasteiger partial charge in [-0.05, 0) is 28.1 Å². The highest BCUT2D eigenvalue weighted by Gasteiger charge is 2.09. The van der Waals surface area contributed by atoms with Crippen LogP contribution in [-0.2, 0) is 0 Å². The molecule has 0 unspecified atom stereocenters. The maximum atomic E-state index is 13.7. The highest BCUT2D eigenvalue weighted by atomic mass is 79.9. The number of nitrogens with zero attached hydrogens (tertiary/aromatic N) is 1. The number of halogens is 2. The maximum Gasteiger partial charge on any atom is 0.145 e. The molecule has 0 aliphatic carbocycles. The Labute approximate surface area is 95.1 Å². The molecule has 0 amide bonds. The molecule has 2 rings (SSSR count). The van der Waals surface area contributed by atoms with Crippen molar-refractivity contribution in [1.29, 1.82) is 0 Å². The molecule has 76 valence electrons. The number of hydrogen-bond donors (Lipinski definition) is 1. The molecule has 0 spiro atoms. The maximum absolute atomic E-state index is 13.7. The molecule has 0 radical (unpaired) electrons. The summed E-state index contributed by atoms with van der Waals surface area (Å²) in [6.45, 7) is 0. The zero-order valence-corrected chi connectivity index (χ0v) is 9.33. The number of rotatable bonds is 1. The van der Waals surface area contributed by atoms with E-state index in [9.17, 15) is 4.39 Å². The van der Waals surface area contributed by atoms with Gasteiger partial charge in [0.15, 0.2) is 0 Å². The minimum Gasteiger partial charge on any atom is -0.397 e. The van der Waals surface area contributed by atoms with Crippen molar-refractivity contribution < 1.29 is 4.39 Å². The molecule has 0 atom stereocenters. The number of anilines is 1. The lowest BCUT2D eigenvalue weighted by atomic mass is 10.1. The topological polar surface area (TPSA) is 38.9 Å². The van der Waals surface area contributed by atoms with Crippen LogP contribution in [0.15, 0.2) is 41.1 Å². The minimum atomic E-state index is -0.310. The molecule has 1 aromatic carbocycles. The normalized spacial score (nSPS) is 10.3. The fourth-order valence-electron chi connectivity index (χ4n) is 1.36. The molecule has 0 aliphatic rings. The zero-order chi connectivity index (χ0) is 10.8. The van der Waals surface area contributed by atoms with Crippen LogP contribution in [0.3, 0.4) is 0 Å². The molecule has 0 bridgehead atoms. The molecule has 4 heteroatoms. The van der Waals surface area contributed by atoms with Crippen molar-refractivity contribution in [1.82, 2.24) is 4.98 Å². The number of pyridine rings is 1. The minimum absolute atomic E-state index is 0.310. The third kappa shape index (κ3) is 1.85. The van der Waals surface area contributed by atoms with Crippen LogP contribution < -0.4 is 5.73 Å². The van der Waals surface area contributed by atoms with Crippen molar-refractivity contribution in [3.63, 3.8) is 0 Å². The second-order valence-electron chi connectivity index (χ2n) is 3.06. The molecular formula is C11H8BrFN2. The van der Waals surface area contributed by atoms with E-state index in [0.29, 0.717) is 21.3 Å². The Balaban J connectivity index is 2.65. The van der Waals surface area contributed by atoms with E-state index in [1.807, 2.05) is 0 Å². The van der Waals surface area contributed by atoms with E-state index in [1.54, 1.807) is 30.5 Å². The van der Waals surface area contributed by atoms with E-state index in [2.05, 4.69) is 20.9 Å². The van der Waals surface area contributed by atoms with Gasteiger partial charge in [0.2, 0.25) is 0 Å². The van der Waals surface area contributed by atoms with Crippen molar-refractivity contribution in [2.45, 2.75) is 0 Å². The first-order valence-corrected chi connectivity index (χ1v) is 5.13. The zero-order valence-electron chi connectivity index (χ0n) is 7.74. The quantitative estimate of drug-likeness (QED) is 0.861. The molecule has 2 aromatic rings. The smallest absolute Gasteiger partial charge is 0.145 e. The summed E-state index contributed by atoms with van der Waals surface area (Å²) in [5.74, 6) is -0.310. The van der Waals surface area contributed by atoms with Crippen LogP contribution in [0.4, 0.5) is 10.1 Å². The Morgan fingerprint density at radius 1 is 1.20 bits per heavy atom. The number of nitrogen functional groups attached to an aromatic ring is 1. The lowest BCUT2D eigenvalue weighted by Crippen LogP contribution is -1.93. The average Bonchev–Trinajstić information content (AvgIpc) is 2.23. The summed E-state index contributed by atoms with van der Waals surface area (Å²) in [5, 5.41) is 0. The van der Waals surface area contributed by atoms with Crippen LogP contribution in [0.1, 0.15) is 0 Å². The molecule has 2 nitrogen and oxygen atoms in total. The number of nitrogens with two attached hydrogens (primary N) is 1. The van der Waals surface area contributed by atoms with Crippen molar-refractivity contribution in [3.05, 3.63) is 46.9 Å². The lowest BCUT2D eigenvalue weighted by Gasteiger charge is -2.06. The first-order valence-electron chi connectivity index (χ1n) is 4.34. The van der Waals surface area contributed by atoms with E-state index in [1.165, 1.54) is 6.20 Å². The summed E-state index contributed by atoms with van der Waals surface area (Å²) >= 11 is 3.14. The highest BCUT2D eigenvalue weighted by Crippen LogP contribution is 2.30. The molecule has 0 aliphatic heterocycles. The second-order valence-corrected chi connectivity index (χ2v) is 3.92. The Kier molecular flexibility index (Phi) is 2.68. The Bertz CT molecular complexity index is 500. The van der Waals surface area contributed by atoms with E-state index in [0.717, 1.165) is 0 Å². The summed E-state index contributed by atoms with van der Waals surface area (Å²) in [6, 6.07) is 6.80. The fraction of sp³-hybridized carbons (Fsp3) is 0. The third-order valence-electron chi connectivity index (χ3n) is 2.09. The lowest BCUT2D eigenvalue weighted by molar-refractivity contribution is 0.625. The SMILES string of the molecule is Nc1cnccc1-c1cccc(Br)c1F. The average molecular weight is 267 g/mol. The Morgan fingerprint density at radius 2 is 2.00 bits per heavy atom. The van der Waals surface area contributed by atoms with E-state index in [4.69, 9.17) is 5.73 Å². The molecule has 1 heterocycles. The van der Waals surface area contributed by atoms with Crippen LogP contribution in [-0.4, -0.2) is 4.98 Å². The second kappa shape index (κ2) is 3.98. The molecule has 1 aromatic heterocycles. The van der Waals surface area contributed by atoms with Gasteiger partial charge < -0.3 is 5.73 Å². The summed E-state index contributed by atoms with van der Waals surface area (Å²) in [5.41, 5.74) is 7.33. The van der Waals surface area contributed by atoms with Gasteiger partial charge in [-0.2, -0.15) is 0 Å². The number of aromatic nitrogens is 1. The van der Waals surface area contributed by atoms with Crippen LogP contribution in [0.2, 0.25) is 0 Å². The van der Waals surface area contributed by atoms with Gasteiger partial charge in [0.25, 0.3) is 0 Å². The highest BCUT2D eigenvalue weighted by molar-refractivity contribution is 9.10. The van der Waals surface area contributed by atoms with Gasteiger partial charge in [0, 0.05) is 17.3 Å². The van der Waals surface area contributed by atoms with E-state index < -0.39 is 0 Å². The summed E-state index contributed by atoms with van der Waals surface area (Å²) in [7, 11) is 0. The van der Waals surface area contributed by atoms with Crippen LogP contribution in [0, 0.1) is 5.82 Å². The molecule has 0 fully saturated rings. The van der Waals surface area contributed by atoms with Crippen LogP contribution in [0.5, 0.6) is 0 Å². The van der Waals surface area contributed by atoms with Crippen LogP contribution in [0.25, 0.3) is 11.1 Å². The first-order chi connectivity index (χ1) is 7.20. The third-order valence-corrected chi connectivity index (χ3v) is 2.71. The van der Waals surface area contributed by atoms with Gasteiger partial charge in [0.1, 0.15) is 5.82 Å². The van der Waals surface area contributed by atoms with Gasteiger partial charge in [-0.15, -0.1) is 0 Å². The predicted molar refractivity (Wildman–Crippen MR) is 61.7 cm³/mol. The predicted octanol–water partition coefficient (Wildman–Crippen LogP) is 3.23. The van der Waals surface area contributed by atoms with E-state index in [-0.39, 0.29) is 5.82 Å². The van der Waals surface area contributed by atoms with Crippen molar-refractivity contribution in [3.8, 4) is 11.1 Å². The first kappa shape index (κ1) is 10.1. The van der Waals surface area contributed by atoms with Crippen molar-refractivity contribution in [2.24, 2.45) is 0 Å². The van der Waals surface area contributed by atoms with Gasteiger partial charge in [-0.1, -0.05) is 12.1 Å². The van der Waals surface area contributed by atoms with Crippen molar-refractivity contribution in [2.75, 3.05) is 5.73 Å². The number of benzene rings is 1. The molecular weight excluding hydrogens is 259 g/mol. The fourth-order valence-corrected chi connectivity index (χ4v) is 1.73. The van der Waals surface area contributed by atoms with Gasteiger partial charge in [-0.25, -0.2) is 4.39 Å². The monoisotopic (exact) mass is 266 g/mol. The van der Waals surface area contributed by atoms with Crippen LogP contribution >= 0.6 is 15.9 Å². The van der Waals surface area contributed by atoms with Gasteiger partial charge >= 0.3 is 0 Å².